The maximum absolute atomic E-state index is 11.8. The lowest BCUT2D eigenvalue weighted by molar-refractivity contribution is -0.130. The first-order chi connectivity index (χ1) is 8.41. The van der Waals surface area contributed by atoms with Crippen LogP contribution in [-0.4, -0.2) is 57.7 Å². The van der Waals surface area contributed by atoms with Gasteiger partial charge in [0.05, 0.1) is 12.3 Å². The van der Waals surface area contributed by atoms with Crippen LogP contribution < -0.4 is 10.0 Å². The molecule has 1 rings (SSSR count). The number of hydrogen-bond donors (Lipinski definition) is 2. The summed E-state index contributed by atoms with van der Waals surface area (Å²) in [5.74, 6) is 0.273. The van der Waals surface area contributed by atoms with Gasteiger partial charge in [-0.3, -0.25) is 4.79 Å². The molecule has 1 saturated heterocycles. The number of amides is 1. The highest BCUT2D eigenvalue weighted by Crippen LogP contribution is 2.01. The summed E-state index contributed by atoms with van der Waals surface area (Å²) in [5, 5.41) is 3.14. The second kappa shape index (κ2) is 7.06. The molecule has 0 saturated carbocycles. The monoisotopic (exact) mass is 277 g/mol. The lowest BCUT2D eigenvalue weighted by Crippen LogP contribution is -2.49. The van der Waals surface area contributed by atoms with Crippen LogP contribution in [0, 0.1) is 5.92 Å². The standard InChI is InChI=1S/C11H23N3O3S/c1-10(2)3-8-18(16,17)13-9-11(15)14-6-4-12-5-7-14/h10,12-13H,3-9H2,1-2H3. The van der Waals surface area contributed by atoms with Gasteiger partial charge in [0.25, 0.3) is 0 Å². The van der Waals surface area contributed by atoms with Crippen molar-refractivity contribution in [3.05, 3.63) is 0 Å². The summed E-state index contributed by atoms with van der Waals surface area (Å²) in [5.41, 5.74) is 0. The van der Waals surface area contributed by atoms with Crippen LogP contribution in [-0.2, 0) is 14.8 Å². The van der Waals surface area contributed by atoms with Crippen molar-refractivity contribution in [2.75, 3.05) is 38.5 Å². The molecule has 0 radical (unpaired) electrons. The Balaban J connectivity index is 2.32. The van der Waals surface area contributed by atoms with E-state index < -0.39 is 10.0 Å². The van der Waals surface area contributed by atoms with E-state index in [9.17, 15) is 13.2 Å². The Morgan fingerprint density at radius 1 is 1.33 bits per heavy atom. The SMILES string of the molecule is CC(C)CCS(=O)(=O)NCC(=O)N1CCNCC1. The molecule has 2 N–H and O–H groups in total. The minimum atomic E-state index is -3.32. The Morgan fingerprint density at radius 3 is 2.50 bits per heavy atom. The zero-order chi connectivity index (χ0) is 13.6. The van der Waals surface area contributed by atoms with Gasteiger partial charge in [0.2, 0.25) is 15.9 Å². The molecular weight excluding hydrogens is 254 g/mol. The first-order valence-electron chi connectivity index (χ1n) is 6.36. The highest BCUT2D eigenvalue weighted by atomic mass is 32.2. The zero-order valence-corrected chi connectivity index (χ0v) is 11.9. The van der Waals surface area contributed by atoms with Gasteiger partial charge in [0.1, 0.15) is 0 Å². The molecule has 0 atom stereocenters. The molecule has 0 unspecified atom stereocenters. The number of hydrogen-bond acceptors (Lipinski definition) is 4. The predicted octanol–water partition coefficient (Wildman–Crippen LogP) is -0.616. The topological polar surface area (TPSA) is 78.5 Å². The lowest BCUT2D eigenvalue weighted by atomic mass is 10.2. The number of piperazine rings is 1. The molecule has 1 aliphatic heterocycles. The molecule has 0 aromatic rings. The number of carbonyl (C=O) groups excluding carboxylic acids is 1. The van der Waals surface area contributed by atoms with Crippen molar-refractivity contribution in [3.8, 4) is 0 Å². The van der Waals surface area contributed by atoms with E-state index in [0.717, 1.165) is 13.1 Å². The molecular formula is C11H23N3O3S. The average molecular weight is 277 g/mol. The maximum atomic E-state index is 11.8. The van der Waals surface area contributed by atoms with Crippen molar-refractivity contribution < 1.29 is 13.2 Å². The van der Waals surface area contributed by atoms with Gasteiger partial charge in [-0.15, -0.1) is 0 Å². The van der Waals surface area contributed by atoms with Crippen LogP contribution in [0.2, 0.25) is 0 Å². The number of nitrogens with one attached hydrogen (secondary N) is 2. The van der Waals surface area contributed by atoms with E-state index >= 15 is 0 Å². The third kappa shape index (κ3) is 5.79. The summed E-state index contributed by atoms with van der Waals surface area (Å²) in [4.78, 5) is 13.4. The fourth-order valence-corrected chi connectivity index (χ4v) is 2.93. The molecule has 0 bridgehead atoms. The van der Waals surface area contributed by atoms with Crippen LogP contribution in [0.3, 0.4) is 0 Å². The van der Waals surface area contributed by atoms with Crippen molar-refractivity contribution >= 4 is 15.9 Å². The summed E-state index contributed by atoms with van der Waals surface area (Å²) in [7, 11) is -3.32. The Labute approximate surface area is 109 Å². The normalized spacial score (nSPS) is 17.2. The number of sulfonamides is 1. The van der Waals surface area contributed by atoms with E-state index in [1.165, 1.54) is 0 Å². The largest absolute Gasteiger partial charge is 0.339 e. The van der Waals surface area contributed by atoms with Crippen molar-refractivity contribution in [1.82, 2.24) is 14.9 Å². The molecule has 18 heavy (non-hydrogen) atoms. The zero-order valence-electron chi connectivity index (χ0n) is 11.1. The predicted molar refractivity (Wildman–Crippen MR) is 70.7 cm³/mol. The van der Waals surface area contributed by atoms with Crippen LogP contribution >= 0.6 is 0 Å². The Bertz CT molecular complexity index is 362. The van der Waals surface area contributed by atoms with Gasteiger partial charge in [-0.25, -0.2) is 13.1 Å². The smallest absolute Gasteiger partial charge is 0.237 e. The van der Waals surface area contributed by atoms with E-state index in [4.69, 9.17) is 0 Å². The number of nitrogens with zero attached hydrogens (tertiary/aromatic N) is 1. The van der Waals surface area contributed by atoms with Gasteiger partial charge in [0, 0.05) is 26.2 Å². The first-order valence-corrected chi connectivity index (χ1v) is 8.02. The Kier molecular flexibility index (Phi) is 6.04. The van der Waals surface area contributed by atoms with Crippen LogP contribution in [0.15, 0.2) is 0 Å². The minimum Gasteiger partial charge on any atom is -0.339 e. The summed E-state index contributed by atoms with van der Waals surface area (Å²) in [6.45, 7) is 6.65. The average Bonchev–Trinajstić information content (AvgIpc) is 2.35. The fourth-order valence-electron chi connectivity index (χ4n) is 1.66. The summed E-state index contributed by atoms with van der Waals surface area (Å²) < 4.78 is 25.6. The molecule has 0 spiro atoms. The van der Waals surface area contributed by atoms with Crippen LogP contribution in [0.4, 0.5) is 0 Å². The Hall–Kier alpha value is -0.660. The van der Waals surface area contributed by atoms with Crippen molar-refractivity contribution in [3.63, 3.8) is 0 Å². The molecule has 1 amide bonds. The Morgan fingerprint density at radius 2 is 1.94 bits per heavy atom. The maximum Gasteiger partial charge on any atom is 0.237 e. The van der Waals surface area contributed by atoms with E-state index in [2.05, 4.69) is 10.0 Å². The van der Waals surface area contributed by atoms with Gasteiger partial charge in [0.15, 0.2) is 0 Å². The quantitative estimate of drug-likeness (QED) is 0.678. The minimum absolute atomic E-state index is 0.0828. The summed E-state index contributed by atoms with van der Waals surface area (Å²) in [6.07, 6.45) is 0.608. The van der Waals surface area contributed by atoms with Crippen LogP contribution in [0.1, 0.15) is 20.3 Å². The number of carbonyl (C=O) groups is 1. The van der Waals surface area contributed by atoms with Gasteiger partial charge in [-0.1, -0.05) is 13.8 Å². The molecule has 0 aromatic heterocycles. The third-order valence-corrected chi connectivity index (χ3v) is 4.23. The molecule has 0 aromatic carbocycles. The van der Waals surface area contributed by atoms with Crippen LogP contribution in [0.25, 0.3) is 0 Å². The molecule has 1 fully saturated rings. The third-order valence-electron chi connectivity index (χ3n) is 2.88. The highest BCUT2D eigenvalue weighted by Gasteiger charge is 2.18. The molecule has 1 heterocycles. The molecule has 6 nitrogen and oxygen atoms in total. The van der Waals surface area contributed by atoms with Crippen molar-refractivity contribution in [2.24, 2.45) is 5.92 Å². The molecule has 0 aliphatic carbocycles. The van der Waals surface area contributed by atoms with Crippen molar-refractivity contribution in [1.29, 1.82) is 0 Å². The van der Waals surface area contributed by atoms with Gasteiger partial charge in [-0.05, 0) is 12.3 Å². The van der Waals surface area contributed by atoms with Crippen LogP contribution in [0.5, 0.6) is 0 Å². The van der Waals surface area contributed by atoms with Crippen molar-refractivity contribution in [2.45, 2.75) is 20.3 Å². The highest BCUT2D eigenvalue weighted by molar-refractivity contribution is 7.89. The fraction of sp³-hybridized carbons (Fsp3) is 0.909. The molecule has 7 heteroatoms. The first kappa shape index (κ1) is 15.4. The van der Waals surface area contributed by atoms with E-state index in [-0.39, 0.29) is 18.2 Å². The van der Waals surface area contributed by atoms with Gasteiger partial charge < -0.3 is 10.2 Å². The second-order valence-electron chi connectivity index (χ2n) is 4.95. The lowest BCUT2D eigenvalue weighted by Gasteiger charge is -2.27. The van der Waals surface area contributed by atoms with E-state index in [1.807, 2.05) is 13.8 Å². The van der Waals surface area contributed by atoms with Gasteiger partial charge >= 0.3 is 0 Å². The number of rotatable bonds is 6. The van der Waals surface area contributed by atoms with E-state index in [1.54, 1.807) is 4.90 Å². The second-order valence-corrected chi connectivity index (χ2v) is 6.88. The van der Waals surface area contributed by atoms with Gasteiger partial charge in [-0.2, -0.15) is 0 Å². The molecule has 106 valence electrons. The van der Waals surface area contributed by atoms with E-state index in [0.29, 0.717) is 25.4 Å². The summed E-state index contributed by atoms with van der Waals surface area (Å²) >= 11 is 0. The summed E-state index contributed by atoms with van der Waals surface area (Å²) in [6, 6.07) is 0. The molecule has 1 aliphatic rings.